The fourth-order valence-electron chi connectivity index (χ4n) is 1.32. The number of thiophene rings is 1. The Kier molecular flexibility index (Phi) is 3.74. The van der Waals surface area contributed by atoms with E-state index in [1.54, 1.807) is 0 Å². The van der Waals surface area contributed by atoms with Gasteiger partial charge in [-0.2, -0.15) is 0 Å². The number of morpholine rings is 1. The second kappa shape index (κ2) is 5.07. The van der Waals surface area contributed by atoms with Crippen molar-refractivity contribution in [2.24, 2.45) is 0 Å². The third kappa shape index (κ3) is 3.01. The lowest BCUT2D eigenvalue weighted by Crippen LogP contribution is -2.48. The number of anilines is 1. The molecule has 1 amide bonds. The normalized spacial score (nSPS) is 21.3. The van der Waals surface area contributed by atoms with E-state index < -0.39 is 0 Å². The van der Waals surface area contributed by atoms with E-state index in [9.17, 15) is 4.79 Å². The molecular formula is C9H11BrN2O2S. The number of rotatable bonds is 2. The number of carbonyl (C=O) groups excluding carboxylic acids is 1. The Balaban J connectivity index is 1.91. The standard InChI is InChI=1S/C9H11BrN2O2S/c10-6-3-8(15-5-6)12-9(13)7-4-14-2-1-11-7/h3,5,7,11H,1-2,4H2,(H,12,13). The van der Waals surface area contributed by atoms with Gasteiger partial charge in [-0.25, -0.2) is 0 Å². The van der Waals surface area contributed by atoms with Gasteiger partial charge < -0.3 is 15.4 Å². The van der Waals surface area contributed by atoms with Gasteiger partial charge in [0.15, 0.2) is 0 Å². The van der Waals surface area contributed by atoms with Crippen LogP contribution in [-0.2, 0) is 9.53 Å². The molecule has 0 bridgehead atoms. The molecule has 1 atom stereocenters. The van der Waals surface area contributed by atoms with Crippen LogP contribution in [0.2, 0.25) is 0 Å². The highest BCUT2D eigenvalue weighted by molar-refractivity contribution is 9.10. The summed E-state index contributed by atoms with van der Waals surface area (Å²) in [5.41, 5.74) is 0. The van der Waals surface area contributed by atoms with E-state index in [0.717, 1.165) is 16.0 Å². The highest BCUT2D eigenvalue weighted by atomic mass is 79.9. The van der Waals surface area contributed by atoms with Gasteiger partial charge in [-0.05, 0) is 22.0 Å². The van der Waals surface area contributed by atoms with Gasteiger partial charge in [-0.1, -0.05) is 0 Å². The molecule has 2 heterocycles. The van der Waals surface area contributed by atoms with Crippen molar-refractivity contribution in [1.82, 2.24) is 5.32 Å². The summed E-state index contributed by atoms with van der Waals surface area (Å²) in [5, 5.41) is 8.72. The van der Waals surface area contributed by atoms with E-state index in [2.05, 4.69) is 26.6 Å². The number of amides is 1. The van der Waals surface area contributed by atoms with Gasteiger partial charge in [0.1, 0.15) is 6.04 Å². The van der Waals surface area contributed by atoms with Crippen molar-refractivity contribution in [3.8, 4) is 0 Å². The molecule has 1 aliphatic heterocycles. The molecule has 15 heavy (non-hydrogen) atoms. The molecule has 2 rings (SSSR count). The highest BCUT2D eigenvalue weighted by Gasteiger charge is 2.21. The van der Waals surface area contributed by atoms with E-state index in [0.29, 0.717) is 13.2 Å². The molecular weight excluding hydrogens is 280 g/mol. The largest absolute Gasteiger partial charge is 0.378 e. The van der Waals surface area contributed by atoms with Gasteiger partial charge >= 0.3 is 0 Å². The minimum atomic E-state index is -0.236. The summed E-state index contributed by atoms with van der Waals surface area (Å²) in [6, 6.07) is 1.64. The minimum absolute atomic E-state index is 0.0379. The summed E-state index contributed by atoms with van der Waals surface area (Å²) in [4.78, 5) is 11.7. The Labute approximate surface area is 100 Å². The first-order valence-electron chi connectivity index (χ1n) is 4.62. The molecule has 1 aromatic heterocycles. The number of nitrogens with one attached hydrogen (secondary N) is 2. The minimum Gasteiger partial charge on any atom is -0.378 e. The topological polar surface area (TPSA) is 50.4 Å². The smallest absolute Gasteiger partial charge is 0.244 e. The zero-order chi connectivity index (χ0) is 10.7. The van der Waals surface area contributed by atoms with E-state index in [1.807, 2.05) is 11.4 Å². The number of halogens is 1. The van der Waals surface area contributed by atoms with Crippen molar-refractivity contribution in [3.63, 3.8) is 0 Å². The lowest BCUT2D eigenvalue weighted by molar-refractivity contribution is -0.120. The first-order valence-corrected chi connectivity index (χ1v) is 6.29. The van der Waals surface area contributed by atoms with Crippen LogP contribution in [0.3, 0.4) is 0 Å². The van der Waals surface area contributed by atoms with E-state index >= 15 is 0 Å². The molecule has 1 fully saturated rings. The quantitative estimate of drug-likeness (QED) is 0.867. The fourth-order valence-corrected chi connectivity index (χ4v) is 2.64. The molecule has 1 saturated heterocycles. The van der Waals surface area contributed by atoms with Crippen LogP contribution in [0.25, 0.3) is 0 Å². The van der Waals surface area contributed by atoms with Crippen LogP contribution in [0.4, 0.5) is 5.00 Å². The second-order valence-electron chi connectivity index (χ2n) is 3.20. The molecule has 1 unspecified atom stereocenters. The van der Waals surface area contributed by atoms with Gasteiger partial charge in [-0.15, -0.1) is 11.3 Å². The number of ether oxygens (including phenoxy) is 1. The Morgan fingerprint density at radius 1 is 1.73 bits per heavy atom. The summed E-state index contributed by atoms with van der Waals surface area (Å²) in [6.45, 7) is 1.85. The average Bonchev–Trinajstić information content (AvgIpc) is 2.65. The van der Waals surface area contributed by atoms with Crippen LogP contribution in [0.15, 0.2) is 15.9 Å². The maximum absolute atomic E-state index is 11.7. The van der Waals surface area contributed by atoms with Crippen molar-refractivity contribution in [2.75, 3.05) is 25.1 Å². The van der Waals surface area contributed by atoms with E-state index in [-0.39, 0.29) is 11.9 Å². The lowest BCUT2D eigenvalue weighted by Gasteiger charge is -2.22. The predicted octanol–water partition coefficient (Wildman–Crippen LogP) is 1.44. The second-order valence-corrected chi connectivity index (χ2v) is 5.03. The monoisotopic (exact) mass is 290 g/mol. The van der Waals surface area contributed by atoms with Crippen LogP contribution in [-0.4, -0.2) is 31.7 Å². The zero-order valence-electron chi connectivity index (χ0n) is 7.96. The molecule has 82 valence electrons. The van der Waals surface area contributed by atoms with Crippen molar-refractivity contribution >= 4 is 38.2 Å². The first-order chi connectivity index (χ1) is 7.25. The molecule has 6 heteroatoms. The number of hydrogen-bond donors (Lipinski definition) is 2. The van der Waals surface area contributed by atoms with E-state index in [1.165, 1.54) is 11.3 Å². The molecule has 0 aliphatic carbocycles. The molecule has 2 N–H and O–H groups in total. The third-order valence-electron chi connectivity index (χ3n) is 2.05. The maximum Gasteiger partial charge on any atom is 0.244 e. The van der Waals surface area contributed by atoms with Gasteiger partial charge in [0.2, 0.25) is 5.91 Å². The van der Waals surface area contributed by atoms with Gasteiger partial charge in [0.25, 0.3) is 0 Å². The van der Waals surface area contributed by atoms with Crippen LogP contribution >= 0.6 is 27.3 Å². The molecule has 0 saturated carbocycles. The molecule has 1 aliphatic rings. The molecule has 0 radical (unpaired) electrons. The van der Waals surface area contributed by atoms with Crippen molar-refractivity contribution in [3.05, 3.63) is 15.9 Å². The van der Waals surface area contributed by atoms with Crippen molar-refractivity contribution in [1.29, 1.82) is 0 Å². The summed E-state index contributed by atoms with van der Waals surface area (Å²) < 4.78 is 6.20. The van der Waals surface area contributed by atoms with Gasteiger partial charge in [0, 0.05) is 16.4 Å². The molecule has 0 spiro atoms. The predicted molar refractivity (Wildman–Crippen MR) is 63.3 cm³/mol. The summed E-state index contributed by atoms with van der Waals surface area (Å²) >= 11 is 4.83. The molecule has 1 aromatic rings. The molecule has 4 nitrogen and oxygen atoms in total. The fraction of sp³-hybridized carbons (Fsp3) is 0.444. The summed E-state index contributed by atoms with van der Waals surface area (Å²) in [7, 11) is 0. The molecule has 0 aromatic carbocycles. The van der Waals surface area contributed by atoms with Gasteiger partial charge in [-0.3, -0.25) is 4.79 Å². The van der Waals surface area contributed by atoms with Crippen LogP contribution in [0.5, 0.6) is 0 Å². The Morgan fingerprint density at radius 3 is 3.20 bits per heavy atom. The lowest BCUT2D eigenvalue weighted by atomic mass is 10.2. The summed E-state index contributed by atoms with van der Waals surface area (Å²) in [6.07, 6.45) is 0. The van der Waals surface area contributed by atoms with E-state index in [4.69, 9.17) is 4.74 Å². The average molecular weight is 291 g/mol. The van der Waals surface area contributed by atoms with Crippen LogP contribution < -0.4 is 10.6 Å². The number of carbonyl (C=O) groups is 1. The Morgan fingerprint density at radius 2 is 2.60 bits per heavy atom. The maximum atomic E-state index is 11.7. The van der Waals surface area contributed by atoms with Gasteiger partial charge in [0.05, 0.1) is 18.2 Å². The zero-order valence-corrected chi connectivity index (χ0v) is 10.4. The first kappa shape index (κ1) is 11.1. The highest BCUT2D eigenvalue weighted by Crippen LogP contribution is 2.24. The third-order valence-corrected chi connectivity index (χ3v) is 3.66. The van der Waals surface area contributed by atoms with Crippen molar-refractivity contribution < 1.29 is 9.53 Å². The van der Waals surface area contributed by atoms with Crippen molar-refractivity contribution in [2.45, 2.75) is 6.04 Å². The number of hydrogen-bond acceptors (Lipinski definition) is 4. The Bertz CT molecular complexity index is 350. The Hall–Kier alpha value is -0.430. The van der Waals surface area contributed by atoms with Crippen LogP contribution in [0, 0.1) is 0 Å². The summed E-state index contributed by atoms with van der Waals surface area (Å²) in [5.74, 6) is -0.0379. The SMILES string of the molecule is O=C(Nc1cc(Br)cs1)C1COCCN1. The van der Waals surface area contributed by atoms with Crippen LogP contribution in [0.1, 0.15) is 0 Å².